The lowest BCUT2D eigenvalue weighted by molar-refractivity contribution is -0.916. The molecular weight excluding hydrogens is 262 g/mol. The lowest BCUT2D eigenvalue weighted by Gasteiger charge is -2.46. The number of likely N-dealkylation sites (tertiary alicyclic amines) is 1. The quantitative estimate of drug-likeness (QED) is 0.864. The molecule has 1 heterocycles. The molecule has 0 amide bonds. The highest BCUT2D eigenvalue weighted by molar-refractivity contribution is 5.69. The van der Waals surface area contributed by atoms with Crippen molar-refractivity contribution >= 4 is 5.97 Å². The number of carbonyl (C=O) groups is 1. The Morgan fingerprint density at radius 1 is 1.43 bits per heavy atom. The summed E-state index contributed by atoms with van der Waals surface area (Å²) in [7, 11) is 2.23. The number of rotatable bonds is 3. The standard InChI is InChI=1S/C18H27NO2/c1-6-17(20)21-18(16-9-7-8-13(2)10-16)11-15(4)19(5)12-14(18)3/h7-10,14-15H,6,11-12H2,1-5H3/p+1/t14-,15-,18-/m0/s1. The molecule has 116 valence electrons. The summed E-state index contributed by atoms with van der Waals surface area (Å²) < 4.78 is 6.05. The van der Waals surface area contributed by atoms with Crippen LogP contribution in [0.5, 0.6) is 0 Å². The molecule has 0 aliphatic carbocycles. The number of carbonyl (C=O) groups excluding carboxylic acids is 1. The van der Waals surface area contributed by atoms with Crippen LogP contribution in [0.3, 0.4) is 0 Å². The topological polar surface area (TPSA) is 30.7 Å². The Morgan fingerprint density at radius 3 is 2.76 bits per heavy atom. The van der Waals surface area contributed by atoms with Crippen LogP contribution in [0, 0.1) is 12.8 Å². The summed E-state index contributed by atoms with van der Waals surface area (Å²) in [6.07, 6.45) is 1.31. The first-order chi connectivity index (χ1) is 9.89. The van der Waals surface area contributed by atoms with E-state index in [2.05, 4.69) is 52.1 Å². The van der Waals surface area contributed by atoms with E-state index in [1.807, 2.05) is 6.92 Å². The van der Waals surface area contributed by atoms with E-state index in [0.717, 1.165) is 18.5 Å². The van der Waals surface area contributed by atoms with Gasteiger partial charge >= 0.3 is 5.97 Å². The van der Waals surface area contributed by atoms with Gasteiger partial charge in [-0.2, -0.15) is 0 Å². The summed E-state index contributed by atoms with van der Waals surface area (Å²) in [4.78, 5) is 13.6. The van der Waals surface area contributed by atoms with E-state index in [4.69, 9.17) is 4.74 Å². The predicted molar refractivity (Wildman–Crippen MR) is 84.2 cm³/mol. The van der Waals surface area contributed by atoms with Crippen LogP contribution in [-0.4, -0.2) is 25.6 Å². The number of piperidine rings is 1. The lowest BCUT2D eigenvalue weighted by Crippen LogP contribution is -3.15. The number of benzene rings is 1. The molecule has 4 atom stereocenters. The smallest absolute Gasteiger partial charge is 0.306 e. The van der Waals surface area contributed by atoms with Gasteiger partial charge in [0, 0.05) is 18.8 Å². The Hall–Kier alpha value is -1.35. The van der Waals surface area contributed by atoms with Crippen molar-refractivity contribution < 1.29 is 14.4 Å². The van der Waals surface area contributed by atoms with E-state index in [1.54, 1.807) is 0 Å². The van der Waals surface area contributed by atoms with Gasteiger partial charge in [0.15, 0.2) is 5.60 Å². The zero-order valence-electron chi connectivity index (χ0n) is 13.9. The molecule has 2 rings (SSSR count). The number of esters is 1. The van der Waals surface area contributed by atoms with Crippen molar-refractivity contribution in [3.05, 3.63) is 35.4 Å². The van der Waals surface area contributed by atoms with E-state index in [9.17, 15) is 4.79 Å². The van der Waals surface area contributed by atoms with Gasteiger partial charge < -0.3 is 9.64 Å². The molecule has 3 nitrogen and oxygen atoms in total. The Balaban J connectivity index is 2.46. The first-order valence-corrected chi connectivity index (χ1v) is 8.00. The third kappa shape index (κ3) is 3.13. The number of hydrogen-bond donors (Lipinski definition) is 1. The minimum Gasteiger partial charge on any atom is -0.453 e. The molecule has 21 heavy (non-hydrogen) atoms. The first kappa shape index (κ1) is 16.0. The van der Waals surface area contributed by atoms with Crippen LogP contribution in [0.15, 0.2) is 24.3 Å². The highest BCUT2D eigenvalue weighted by atomic mass is 16.6. The van der Waals surface area contributed by atoms with Crippen molar-refractivity contribution in [3.63, 3.8) is 0 Å². The fraction of sp³-hybridized carbons (Fsp3) is 0.611. The first-order valence-electron chi connectivity index (χ1n) is 8.00. The molecule has 1 aliphatic rings. The van der Waals surface area contributed by atoms with Gasteiger partial charge in [0.1, 0.15) is 0 Å². The summed E-state index contributed by atoms with van der Waals surface area (Å²) >= 11 is 0. The van der Waals surface area contributed by atoms with Gasteiger partial charge in [-0.3, -0.25) is 4.79 Å². The maximum Gasteiger partial charge on any atom is 0.306 e. The molecule has 0 radical (unpaired) electrons. The Labute approximate surface area is 128 Å². The van der Waals surface area contributed by atoms with Gasteiger partial charge in [-0.05, 0) is 19.4 Å². The minimum atomic E-state index is -0.474. The van der Waals surface area contributed by atoms with Gasteiger partial charge in [0.25, 0.3) is 0 Å². The summed E-state index contributed by atoms with van der Waals surface area (Å²) in [5.41, 5.74) is 1.89. The summed E-state index contributed by atoms with van der Waals surface area (Å²) in [5, 5.41) is 0. The molecule has 3 heteroatoms. The van der Waals surface area contributed by atoms with E-state index in [1.165, 1.54) is 10.5 Å². The lowest BCUT2D eigenvalue weighted by atomic mass is 9.74. The molecule has 0 aromatic heterocycles. The average molecular weight is 290 g/mol. The number of aryl methyl sites for hydroxylation is 1. The minimum absolute atomic E-state index is 0.102. The molecule has 1 aromatic rings. The van der Waals surface area contributed by atoms with Gasteiger partial charge in [-0.15, -0.1) is 0 Å². The SMILES string of the molecule is CCC(=O)O[C@@]1(c2cccc(C)c2)C[C@H](C)[NH+](C)C[C@@H]1C. The second-order valence-corrected chi connectivity index (χ2v) is 6.64. The number of nitrogens with one attached hydrogen (secondary N) is 1. The molecule has 0 saturated carbocycles. The van der Waals surface area contributed by atoms with Crippen molar-refractivity contribution in [2.45, 2.75) is 52.2 Å². The van der Waals surface area contributed by atoms with Crippen LogP contribution in [0.25, 0.3) is 0 Å². The maximum atomic E-state index is 12.0. The Kier molecular flexibility index (Phi) is 4.72. The van der Waals surface area contributed by atoms with Crippen LogP contribution in [0.1, 0.15) is 44.7 Å². The highest BCUT2D eigenvalue weighted by Gasteiger charge is 2.49. The van der Waals surface area contributed by atoms with Crippen LogP contribution in [0.2, 0.25) is 0 Å². The second-order valence-electron chi connectivity index (χ2n) is 6.64. The molecule has 1 aromatic carbocycles. The van der Waals surface area contributed by atoms with E-state index < -0.39 is 5.60 Å². The molecule has 0 spiro atoms. The van der Waals surface area contributed by atoms with Crippen LogP contribution in [-0.2, 0) is 15.1 Å². The molecule has 1 unspecified atom stereocenters. The van der Waals surface area contributed by atoms with Crippen LogP contribution < -0.4 is 4.90 Å². The zero-order valence-corrected chi connectivity index (χ0v) is 13.9. The fourth-order valence-corrected chi connectivity index (χ4v) is 3.47. The van der Waals surface area contributed by atoms with Crippen molar-refractivity contribution in [1.82, 2.24) is 0 Å². The Morgan fingerprint density at radius 2 is 2.14 bits per heavy atom. The van der Waals surface area contributed by atoms with Crippen molar-refractivity contribution in [2.75, 3.05) is 13.6 Å². The van der Waals surface area contributed by atoms with Crippen molar-refractivity contribution in [2.24, 2.45) is 5.92 Å². The third-order valence-electron chi connectivity index (χ3n) is 4.97. The van der Waals surface area contributed by atoms with E-state index >= 15 is 0 Å². The van der Waals surface area contributed by atoms with Gasteiger partial charge in [0.05, 0.1) is 19.6 Å². The molecule has 1 N–H and O–H groups in total. The van der Waals surface area contributed by atoms with Gasteiger partial charge in [-0.25, -0.2) is 0 Å². The Bertz CT molecular complexity index is 514. The maximum absolute atomic E-state index is 12.0. The normalized spacial score (nSPS) is 32.7. The number of hydrogen-bond acceptors (Lipinski definition) is 2. The number of ether oxygens (including phenoxy) is 1. The number of quaternary nitrogens is 1. The van der Waals surface area contributed by atoms with Crippen molar-refractivity contribution in [3.8, 4) is 0 Å². The predicted octanol–water partition coefficient (Wildman–Crippen LogP) is 2.09. The highest BCUT2D eigenvalue weighted by Crippen LogP contribution is 2.40. The zero-order chi connectivity index (χ0) is 15.6. The van der Waals surface area contributed by atoms with E-state index in [0.29, 0.717) is 18.4 Å². The molecule has 1 saturated heterocycles. The van der Waals surface area contributed by atoms with Crippen molar-refractivity contribution in [1.29, 1.82) is 0 Å². The summed E-state index contributed by atoms with van der Waals surface area (Å²) in [6, 6.07) is 8.92. The summed E-state index contributed by atoms with van der Waals surface area (Å²) in [6.45, 7) is 9.42. The molecule has 1 aliphatic heterocycles. The monoisotopic (exact) mass is 290 g/mol. The molecular formula is C18H28NO2+. The average Bonchev–Trinajstić information content (AvgIpc) is 2.44. The van der Waals surface area contributed by atoms with Crippen LogP contribution in [0.4, 0.5) is 0 Å². The third-order valence-corrected chi connectivity index (χ3v) is 4.97. The van der Waals surface area contributed by atoms with Gasteiger partial charge in [0.2, 0.25) is 0 Å². The molecule has 0 bridgehead atoms. The van der Waals surface area contributed by atoms with Gasteiger partial charge in [-0.1, -0.05) is 43.7 Å². The van der Waals surface area contributed by atoms with E-state index in [-0.39, 0.29) is 5.97 Å². The fourth-order valence-electron chi connectivity index (χ4n) is 3.47. The molecule has 1 fully saturated rings. The summed E-state index contributed by atoms with van der Waals surface area (Å²) in [5.74, 6) is 0.209. The second kappa shape index (κ2) is 6.18. The largest absolute Gasteiger partial charge is 0.453 e. The van der Waals surface area contributed by atoms with Crippen LogP contribution >= 0.6 is 0 Å².